The maximum absolute atomic E-state index is 12.5. The monoisotopic (exact) mass is 346 g/mol. The molecule has 1 aliphatic rings. The van der Waals surface area contributed by atoms with Crippen LogP contribution in [0.2, 0.25) is 0 Å². The van der Waals surface area contributed by atoms with E-state index in [2.05, 4.69) is 10.3 Å². The fraction of sp³-hybridized carbons (Fsp3) is 0.444. The number of aliphatic hydroxyl groups excluding tert-OH is 1. The Hall–Kier alpha value is -2.54. The molecule has 1 aliphatic carbocycles. The van der Waals surface area contributed by atoms with Gasteiger partial charge in [0.2, 0.25) is 5.88 Å². The number of hydrogen-bond acceptors (Lipinski definition) is 6. The third-order valence-electron chi connectivity index (χ3n) is 4.33. The van der Waals surface area contributed by atoms with Crippen LogP contribution in [0.15, 0.2) is 34.9 Å². The molecule has 0 saturated heterocycles. The van der Waals surface area contributed by atoms with Crippen LogP contribution in [-0.4, -0.2) is 35.8 Å². The molecule has 25 heavy (non-hydrogen) atoms. The molecule has 0 spiro atoms. The van der Waals surface area contributed by atoms with Gasteiger partial charge in [0.05, 0.1) is 25.9 Å². The predicted octanol–water partition coefficient (Wildman–Crippen LogP) is 2.32. The van der Waals surface area contributed by atoms with Gasteiger partial charge in [-0.05, 0) is 37.3 Å². The van der Waals surface area contributed by atoms with Crippen molar-refractivity contribution in [2.75, 3.05) is 13.7 Å². The van der Waals surface area contributed by atoms with Gasteiger partial charge in [0, 0.05) is 18.3 Å². The number of rotatable bonds is 7. The molecule has 2 aromatic rings. The smallest absolute Gasteiger partial charge is 0.287 e. The summed E-state index contributed by atoms with van der Waals surface area (Å²) in [6.07, 6.45) is 2.64. The van der Waals surface area contributed by atoms with Crippen LogP contribution in [0.3, 0.4) is 0 Å². The quantitative estimate of drug-likeness (QED) is 0.799. The van der Waals surface area contributed by atoms with Gasteiger partial charge in [-0.15, -0.1) is 0 Å². The lowest BCUT2D eigenvalue weighted by atomic mass is 9.75. The van der Waals surface area contributed by atoms with Gasteiger partial charge in [-0.25, -0.2) is 4.98 Å². The van der Waals surface area contributed by atoms with Crippen molar-refractivity contribution in [3.8, 4) is 11.8 Å². The van der Waals surface area contributed by atoms with Gasteiger partial charge in [-0.2, -0.15) is 0 Å². The molecule has 3 rings (SSSR count). The molecule has 0 aliphatic heterocycles. The fourth-order valence-corrected chi connectivity index (χ4v) is 2.95. The Kier molecular flexibility index (Phi) is 5.23. The first kappa shape index (κ1) is 17.3. The zero-order valence-corrected chi connectivity index (χ0v) is 14.3. The van der Waals surface area contributed by atoms with Gasteiger partial charge in [-0.1, -0.05) is 6.07 Å². The molecule has 1 atom stereocenters. The number of carbonyl (C=O) groups is 1. The van der Waals surface area contributed by atoms with E-state index < -0.39 is 0 Å². The van der Waals surface area contributed by atoms with E-state index in [0.717, 1.165) is 5.56 Å². The average molecular weight is 346 g/mol. The number of pyridine rings is 1. The first-order valence-electron chi connectivity index (χ1n) is 8.32. The summed E-state index contributed by atoms with van der Waals surface area (Å²) < 4.78 is 15.7. The summed E-state index contributed by atoms with van der Waals surface area (Å²) in [6, 6.07) is 6.57. The molecule has 134 valence electrons. The maximum Gasteiger partial charge on any atom is 0.287 e. The number of nitrogens with one attached hydrogen (secondary N) is 1. The van der Waals surface area contributed by atoms with Crippen molar-refractivity contribution in [3.05, 3.63) is 41.8 Å². The van der Waals surface area contributed by atoms with E-state index in [-0.39, 0.29) is 29.7 Å². The average Bonchev–Trinajstić information content (AvgIpc) is 3.06. The number of furan rings is 1. The van der Waals surface area contributed by atoms with Gasteiger partial charge < -0.3 is 24.3 Å². The Bertz CT molecular complexity index is 707. The first-order valence-corrected chi connectivity index (χ1v) is 8.32. The van der Waals surface area contributed by atoms with Crippen LogP contribution in [0.4, 0.5) is 0 Å². The normalized spacial score (nSPS) is 20.4. The minimum Gasteiger partial charge on any atom is -0.481 e. The Morgan fingerprint density at radius 1 is 1.40 bits per heavy atom. The van der Waals surface area contributed by atoms with E-state index in [4.69, 9.17) is 13.9 Å². The summed E-state index contributed by atoms with van der Waals surface area (Å²) in [5.74, 6) is 0.836. The van der Waals surface area contributed by atoms with Crippen molar-refractivity contribution >= 4 is 5.91 Å². The Balaban J connectivity index is 1.75. The van der Waals surface area contributed by atoms with Gasteiger partial charge in [0.25, 0.3) is 11.9 Å². The third kappa shape index (κ3) is 3.93. The van der Waals surface area contributed by atoms with Gasteiger partial charge >= 0.3 is 0 Å². The largest absolute Gasteiger partial charge is 0.481 e. The fourth-order valence-electron chi connectivity index (χ4n) is 2.95. The van der Waals surface area contributed by atoms with E-state index in [1.54, 1.807) is 31.5 Å². The topological polar surface area (TPSA) is 93.8 Å². The summed E-state index contributed by atoms with van der Waals surface area (Å²) >= 11 is 0. The molecule has 1 unspecified atom stereocenters. The molecule has 2 N–H and O–H groups in total. The molecular formula is C18H22N2O5. The van der Waals surface area contributed by atoms with Crippen molar-refractivity contribution in [2.45, 2.75) is 31.9 Å². The SMILES string of the molecule is CCOc1ccc(C(=O)NC(c2ccc(OC)nc2)C2CC(O)C2)o1. The van der Waals surface area contributed by atoms with E-state index in [1.807, 2.05) is 13.0 Å². The molecule has 0 bridgehead atoms. The van der Waals surface area contributed by atoms with Crippen LogP contribution in [0.1, 0.15) is 41.9 Å². The van der Waals surface area contributed by atoms with Crippen molar-refractivity contribution in [3.63, 3.8) is 0 Å². The highest BCUT2D eigenvalue weighted by molar-refractivity contribution is 5.91. The third-order valence-corrected chi connectivity index (χ3v) is 4.33. The molecule has 2 heterocycles. The second kappa shape index (κ2) is 7.57. The first-order chi connectivity index (χ1) is 12.1. The number of amides is 1. The lowest BCUT2D eigenvalue weighted by Gasteiger charge is -2.38. The second-order valence-corrected chi connectivity index (χ2v) is 6.02. The maximum atomic E-state index is 12.5. The van der Waals surface area contributed by atoms with Crippen LogP contribution in [0, 0.1) is 5.92 Å². The van der Waals surface area contributed by atoms with Gasteiger partial charge in [-0.3, -0.25) is 4.79 Å². The molecule has 7 nitrogen and oxygen atoms in total. The lowest BCUT2D eigenvalue weighted by Crippen LogP contribution is -2.41. The molecule has 7 heteroatoms. The zero-order chi connectivity index (χ0) is 17.8. The highest BCUT2D eigenvalue weighted by Crippen LogP contribution is 2.38. The minimum absolute atomic E-state index is 0.149. The number of ether oxygens (including phenoxy) is 2. The van der Waals surface area contributed by atoms with Crippen LogP contribution in [0.25, 0.3) is 0 Å². The van der Waals surface area contributed by atoms with Crippen LogP contribution in [-0.2, 0) is 0 Å². The second-order valence-electron chi connectivity index (χ2n) is 6.02. The molecule has 2 aromatic heterocycles. The Labute approximate surface area is 146 Å². The van der Waals surface area contributed by atoms with Crippen LogP contribution >= 0.6 is 0 Å². The molecule has 0 radical (unpaired) electrons. The van der Waals surface area contributed by atoms with E-state index in [0.29, 0.717) is 31.3 Å². The standard InChI is InChI=1S/C18H22N2O5/c1-3-24-16-7-5-14(25-16)18(22)20-17(12-8-13(21)9-12)11-4-6-15(23-2)19-10-11/h4-7,10,12-13,17,21H,3,8-9H2,1-2H3,(H,20,22). The number of aromatic nitrogens is 1. The highest BCUT2D eigenvalue weighted by atomic mass is 16.6. The Morgan fingerprint density at radius 3 is 2.80 bits per heavy atom. The lowest BCUT2D eigenvalue weighted by molar-refractivity contribution is 0.0231. The minimum atomic E-state index is -0.326. The van der Waals surface area contributed by atoms with Crippen LogP contribution < -0.4 is 14.8 Å². The summed E-state index contributed by atoms with van der Waals surface area (Å²) in [5, 5.41) is 12.6. The number of carbonyl (C=O) groups excluding carboxylic acids is 1. The predicted molar refractivity (Wildman–Crippen MR) is 89.6 cm³/mol. The van der Waals surface area contributed by atoms with Crippen LogP contribution in [0.5, 0.6) is 11.8 Å². The van der Waals surface area contributed by atoms with Gasteiger partial charge in [0.15, 0.2) is 5.76 Å². The number of hydrogen-bond donors (Lipinski definition) is 2. The zero-order valence-electron chi connectivity index (χ0n) is 14.3. The summed E-state index contributed by atoms with van der Waals surface area (Å²) in [4.78, 5) is 16.7. The molecule has 0 aromatic carbocycles. The number of methoxy groups -OCH3 is 1. The van der Waals surface area contributed by atoms with Crippen molar-refractivity contribution in [1.82, 2.24) is 10.3 Å². The number of aliphatic hydroxyl groups is 1. The van der Waals surface area contributed by atoms with E-state index in [1.165, 1.54) is 0 Å². The van der Waals surface area contributed by atoms with E-state index in [9.17, 15) is 9.90 Å². The summed E-state index contributed by atoms with van der Waals surface area (Å²) in [5.41, 5.74) is 0.864. The molecule has 1 fully saturated rings. The molecular weight excluding hydrogens is 324 g/mol. The van der Waals surface area contributed by atoms with Crippen molar-refractivity contribution < 1.29 is 23.8 Å². The Morgan fingerprint density at radius 2 is 2.20 bits per heavy atom. The summed E-state index contributed by atoms with van der Waals surface area (Å²) in [6.45, 7) is 2.31. The van der Waals surface area contributed by atoms with Crippen molar-refractivity contribution in [2.24, 2.45) is 5.92 Å². The summed E-state index contributed by atoms with van der Waals surface area (Å²) in [7, 11) is 1.55. The van der Waals surface area contributed by atoms with Gasteiger partial charge in [0.1, 0.15) is 0 Å². The molecule has 1 saturated carbocycles. The number of nitrogens with zero attached hydrogens (tertiary/aromatic N) is 1. The highest BCUT2D eigenvalue weighted by Gasteiger charge is 2.36. The molecule has 1 amide bonds. The van der Waals surface area contributed by atoms with E-state index >= 15 is 0 Å². The van der Waals surface area contributed by atoms with Crippen molar-refractivity contribution in [1.29, 1.82) is 0 Å².